The molecule has 0 aromatic heterocycles. The highest BCUT2D eigenvalue weighted by Crippen LogP contribution is 2.24. The van der Waals surface area contributed by atoms with Gasteiger partial charge in [0.1, 0.15) is 5.75 Å². The summed E-state index contributed by atoms with van der Waals surface area (Å²) >= 11 is 0. The van der Waals surface area contributed by atoms with E-state index in [1.54, 1.807) is 0 Å². The van der Waals surface area contributed by atoms with Crippen molar-refractivity contribution in [3.05, 3.63) is 29.8 Å². The molecule has 2 aliphatic rings. The van der Waals surface area contributed by atoms with E-state index < -0.39 is 0 Å². The van der Waals surface area contributed by atoms with Crippen molar-refractivity contribution >= 4 is 11.9 Å². The Morgan fingerprint density at radius 1 is 0.929 bits per heavy atom. The van der Waals surface area contributed by atoms with Crippen molar-refractivity contribution in [2.75, 3.05) is 6.54 Å². The summed E-state index contributed by atoms with van der Waals surface area (Å²) in [6, 6.07) is 7.78. The summed E-state index contributed by atoms with van der Waals surface area (Å²) in [6.07, 6.45) is 12.0. The topological polar surface area (TPSA) is 79.5 Å². The van der Waals surface area contributed by atoms with Gasteiger partial charge in [-0.05, 0) is 56.2 Å². The molecular weight excluding hydrogens is 354 g/mol. The number of urea groups is 1. The first-order valence-corrected chi connectivity index (χ1v) is 10.8. The van der Waals surface area contributed by atoms with Gasteiger partial charge in [0.25, 0.3) is 0 Å². The Morgan fingerprint density at radius 3 is 2.39 bits per heavy atom. The third-order valence-electron chi connectivity index (χ3n) is 5.59. The molecule has 3 rings (SSSR count). The molecule has 0 heterocycles. The minimum absolute atomic E-state index is 0.00711. The summed E-state index contributed by atoms with van der Waals surface area (Å²) < 4.78 is 6.07. The molecule has 6 nitrogen and oxygen atoms in total. The van der Waals surface area contributed by atoms with Crippen molar-refractivity contribution in [3.63, 3.8) is 0 Å². The van der Waals surface area contributed by atoms with Crippen LogP contribution in [0.5, 0.6) is 5.75 Å². The normalized spacial score (nSPS) is 18.3. The van der Waals surface area contributed by atoms with Crippen molar-refractivity contribution in [3.8, 4) is 5.75 Å². The van der Waals surface area contributed by atoms with Crippen molar-refractivity contribution in [1.82, 2.24) is 16.0 Å². The summed E-state index contributed by atoms with van der Waals surface area (Å²) in [6.45, 7) is 0.408. The molecule has 0 unspecified atom stereocenters. The van der Waals surface area contributed by atoms with E-state index in [0.717, 1.165) is 37.0 Å². The predicted molar refractivity (Wildman–Crippen MR) is 109 cm³/mol. The number of carbonyl (C=O) groups is 2. The lowest BCUT2D eigenvalue weighted by Gasteiger charge is -2.23. The maximum absolute atomic E-state index is 12.0. The average Bonchev–Trinajstić information content (AvgIpc) is 2.72. The van der Waals surface area contributed by atoms with Crippen LogP contribution in [0.3, 0.4) is 0 Å². The van der Waals surface area contributed by atoms with E-state index in [-0.39, 0.29) is 24.5 Å². The second-order valence-corrected chi connectivity index (χ2v) is 7.96. The zero-order valence-corrected chi connectivity index (χ0v) is 16.7. The monoisotopic (exact) mass is 387 g/mol. The van der Waals surface area contributed by atoms with Crippen LogP contribution in [0.1, 0.15) is 69.8 Å². The number of hydrogen-bond acceptors (Lipinski definition) is 3. The maximum Gasteiger partial charge on any atom is 0.315 e. The van der Waals surface area contributed by atoms with Crippen molar-refractivity contribution in [2.45, 2.75) is 82.9 Å². The van der Waals surface area contributed by atoms with E-state index in [0.29, 0.717) is 12.6 Å². The molecule has 3 N–H and O–H groups in total. The number of ether oxygens (including phenoxy) is 1. The van der Waals surface area contributed by atoms with Crippen molar-refractivity contribution in [1.29, 1.82) is 0 Å². The molecular formula is C22H33N3O3. The highest BCUT2D eigenvalue weighted by atomic mass is 16.5. The third kappa shape index (κ3) is 7.06. The first kappa shape index (κ1) is 20.5. The molecule has 154 valence electrons. The molecule has 0 atom stereocenters. The van der Waals surface area contributed by atoms with Gasteiger partial charge in [0.15, 0.2) is 0 Å². The van der Waals surface area contributed by atoms with Crippen LogP contribution in [0.2, 0.25) is 0 Å². The van der Waals surface area contributed by atoms with E-state index in [9.17, 15) is 9.59 Å². The molecule has 2 saturated carbocycles. The van der Waals surface area contributed by atoms with Gasteiger partial charge in [0, 0.05) is 12.6 Å². The van der Waals surface area contributed by atoms with Crippen molar-refractivity contribution < 1.29 is 14.3 Å². The summed E-state index contributed by atoms with van der Waals surface area (Å²) in [5.41, 5.74) is 0.982. The van der Waals surface area contributed by atoms with Gasteiger partial charge in [-0.2, -0.15) is 0 Å². The fourth-order valence-corrected chi connectivity index (χ4v) is 4.04. The highest BCUT2D eigenvalue weighted by Gasteiger charge is 2.16. The molecule has 2 aliphatic carbocycles. The lowest BCUT2D eigenvalue weighted by atomic mass is 9.95. The van der Waals surface area contributed by atoms with Crippen LogP contribution < -0.4 is 20.7 Å². The van der Waals surface area contributed by atoms with E-state index in [2.05, 4.69) is 16.0 Å². The van der Waals surface area contributed by atoms with Crippen LogP contribution in [0, 0.1) is 0 Å². The van der Waals surface area contributed by atoms with E-state index in [1.807, 2.05) is 24.3 Å². The molecule has 2 fully saturated rings. The molecule has 0 spiro atoms. The number of rotatable bonds is 7. The second-order valence-electron chi connectivity index (χ2n) is 7.96. The minimum Gasteiger partial charge on any atom is -0.490 e. The Balaban J connectivity index is 1.35. The molecule has 3 amide bonds. The van der Waals surface area contributed by atoms with Crippen molar-refractivity contribution in [2.24, 2.45) is 0 Å². The Labute approximate surface area is 167 Å². The molecule has 0 saturated heterocycles. The van der Waals surface area contributed by atoms with Gasteiger partial charge in [-0.1, -0.05) is 37.8 Å². The van der Waals surface area contributed by atoms with Gasteiger partial charge < -0.3 is 20.7 Å². The number of benzene rings is 1. The van der Waals surface area contributed by atoms with Gasteiger partial charge in [-0.15, -0.1) is 0 Å². The average molecular weight is 388 g/mol. The fourth-order valence-electron chi connectivity index (χ4n) is 4.04. The standard InChI is InChI=1S/C22H33N3O3/c26-21(25-18-9-3-1-4-10-18)16-24-22(27)23-15-17-8-7-13-20(14-17)28-19-11-5-2-6-12-19/h7-8,13-14,18-19H,1-6,9-12,15-16H2,(H,25,26)(H2,23,24,27). The molecule has 1 aromatic carbocycles. The SMILES string of the molecule is O=C(CNC(=O)NCc1cccc(OC2CCCCC2)c1)NC1CCCCC1. The lowest BCUT2D eigenvalue weighted by Crippen LogP contribution is -2.45. The number of hydrogen-bond donors (Lipinski definition) is 3. The Hall–Kier alpha value is -2.24. The number of carbonyl (C=O) groups excluding carboxylic acids is 2. The largest absolute Gasteiger partial charge is 0.490 e. The first-order chi connectivity index (χ1) is 13.7. The Morgan fingerprint density at radius 2 is 1.64 bits per heavy atom. The zero-order chi connectivity index (χ0) is 19.6. The number of nitrogens with one attached hydrogen (secondary N) is 3. The second kappa shape index (κ2) is 10.9. The molecule has 0 radical (unpaired) electrons. The highest BCUT2D eigenvalue weighted by molar-refractivity contribution is 5.84. The van der Waals surface area contributed by atoms with Gasteiger partial charge in [-0.25, -0.2) is 4.79 Å². The molecule has 6 heteroatoms. The van der Waals surface area contributed by atoms with Crippen LogP contribution in [0.25, 0.3) is 0 Å². The van der Waals surface area contributed by atoms with Gasteiger partial charge in [0.2, 0.25) is 5.91 Å². The Kier molecular flexibility index (Phi) is 8.00. The van der Waals surface area contributed by atoms with Crippen LogP contribution in [0.4, 0.5) is 4.79 Å². The summed E-state index contributed by atoms with van der Waals surface area (Å²) in [5.74, 6) is 0.739. The fraction of sp³-hybridized carbons (Fsp3) is 0.636. The molecule has 0 aliphatic heterocycles. The third-order valence-corrected chi connectivity index (χ3v) is 5.59. The van der Waals surface area contributed by atoms with Gasteiger partial charge in [-0.3, -0.25) is 4.79 Å². The summed E-state index contributed by atoms with van der Waals surface area (Å²) in [5, 5.41) is 8.43. The molecule has 1 aromatic rings. The van der Waals surface area contributed by atoms with Crippen LogP contribution in [-0.4, -0.2) is 30.6 Å². The smallest absolute Gasteiger partial charge is 0.315 e. The van der Waals surface area contributed by atoms with Gasteiger partial charge in [0.05, 0.1) is 12.6 Å². The first-order valence-electron chi connectivity index (χ1n) is 10.8. The minimum atomic E-state index is -0.336. The van der Waals surface area contributed by atoms with E-state index in [1.165, 1.54) is 38.5 Å². The zero-order valence-electron chi connectivity index (χ0n) is 16.7. The lowest BCUT2D eigenvalue weighted by molar-refractivity contribution is -0.121. The molecule has 0 bridgehead atoms. The Bertz CT molecular complexity index is 638. The van der Waals surface area contributed by atoms with E-state index >= 15 is 0 Å². The van der Waals surface area contributed by atoms with Gasteiger partial charge >= 0.3 is 6.03 Å². The quantitative estimate of drug-likeness (QED) is 0.668. The summed E-state index contributed by atoms with van der Waals surface area (Å²) in [4.78, 5) is 23.9. The molecule has 28 heavy (non-hydrogen) atoms. The van der Waals surface area contributed by atoms with Crippen LogP contribution in [-0.2, 0) is 11.3 Å². The number of amides is 3. The maximum atomic E-state index is 12.0. The van der Waals surface area contributed by atoms with Crippen LogP contribution >= 0.6 is 0 Å². The predicted octanol–water partition coefficient (Wildman–Crippen LogP) is 3.65. The van der Waals surface area contributed by atoms with E-state index in [4.69, 9.17) is 4.74 Å². The summed E-state index contributed by atoms with van der Waals surface area (Å²) in [7, 11) is 0. The van der Waals surface area contributed by atoms with Crippen LogP contribution in [0.15, 0.2) is 24.3 Å².